The van der Waals surface area contributed by atoms with Gasteiger partial charge in [-0.05, 0) is 37.0 Å². The third-order valence-electron chi connectivity index (χ3n) is 4.43. The van der Waals surface area contributed by atoms with E-state index in [1.807, 2.05) is 11.6 Å². The Balaban J connectivity index is 1.92. The summed E-state index contributed by atoms with van der Waals surface area (Å²) in [5, 5.41) is 9.57. The minimum absolute atomic E-state index is 0.711. The Morgan fingerprint density at radius 1 is 0.960 bits per heavy atom. The fourth-order valence-electron chi connectivity index (χ4n) is 3.02. The molecule has 0 saturated carbocycles. The van der Waals surface area contributed by atoms with Gasteiger partial charge in [-0.3, -0.25) is 0 Å². The Morgan fingerprint density at radius 3 is 2.16 bits per heavy atom. The topological polar surface area (TPSA) is 28.7 Å². The van der Waals surface area contributed by atoms with Crippen molar-refractivity contribution in [2.45, 2.75) is 20.3 Å². The number of benzene rings is 2. The highest BCUT2D eigenvalue weighted by Crippen LogP contribution is 2.30. The molecule has 0 bridgehead atoms. The molecule has 2 aromatic carbocycles. The summed E-state index contributed by atoms with van der Waals surface area (Å²) in [5.74, 6) is 0. The van der Waals surface area contributed by atoms with Gasteiger partial charge in [-0.25, -0.2) is 0 Å². The van der Waals surface area contributed by atoms with Crippen LogP contribution >= 0.6 is 0 Å². The van der Waals surface area contributed by atoms with Gasteiger partial charge >= 0.3 is 0 Å². The van der Waals surface area contributed by atoms with E-state index in [0.29, 0.717) is 5.69 Å². The van der Waals surface area contributed by atoms with Gasteiger partial charge in [0.2, 0.25) is 0 Å². The molecule has 0 aliphatic heterocycles. The zero-order valence-electron chi connectivity index (χ0n) is 15.0. The maximum Gasteiger partial charge on any atom is 0.128 e. The van der Waals surface area contributed by atoms with Crippen LogP contribution in [0.4, 0.5) is 0 Å². The lowest BCUT2D eigenvalue weighted by atomic mass is 9.98. The van der Waals surface area contributed by atoms with Crippen LogP contribution in [0.25, 0.3) is 17.2 Å². The first-order chi connectivity index (χ1) is 12.1. The van der Waals surface area contributed by atoms with Gasteiger partial charge in [0, 0.05) is 18.8 Å². The smallest absolute Gasteiger partial charge is 0.128 e. The van der Waals surface area contributed by atoms with Crippen LogP contribution in [0.15, 0.2) is 60.8 Å². The molecule has 0 aliphatic carbocycles. The number of hydrogen-bond acceptors (Lipinski definition) is 1. The molecule has 3 aromatic rings. The van der Waals surface area contributed by atoms with Crippen LogP contribution in [0.5, 0.6) is 0 Å². The zero-order valence-corrected chi connectivity index (χ0v) is 15.0. The number of rotatable bonds is 4. The Labute approximate surface area is 149 Å². The summed E-state index contributed by atoms with van der Waals surface area (Å²) in [4.78, 5) is 0. The van der Waals surface area contributed by atoms with Crippen molar-refractivity contribution in [3.05, 3.63) is 88.8 Å². The van der Waals surface area contributed by atoms with Crippen molar-refractivity contribution in [2.75, 3.05) is 0 Å². The quantitative estimate of drug-likeness (QED) is 0.628. The van der Waals surface area contributed by atoms with Gasteiger partial charge in [0.05, 0.1) is 0 Å². The molecular formula is C23H22N2. The molecule has 1 heterocycles. The first-order valence-corrected chi connectivity index (χ1v) is 8.47. The molecule has 0 atom stereocenters. The van der Waals surface area contributed by atoms with Crippen LogP contribution in [0.3, 0.4) is 0 Å². The molecule has 0 radical (unpaired) electrons. The Kier molecular flexibility index (Phi) is 4.86. The van der Waals surface area contributed by atoms with E-state index >= 15 is 0 Å². The first kappa shape index (κ1) is 16.8. The Hall–Kier alpha value is -3.05. The van der Waals surface area contributed by atoms with E-state index in [2.05, 4.69) is 86.8 Å². The molecule has 0 N–H and O–H groups in total. The van der Waals surface area contributed by atoms with Gasteiger partial charge in [-0.15, -0.1) is 0 Å². The molecule has 2 nitrogen and oxygen atoms in total. The van der Waals surface area contributed by atoms with Crippen molar-refractivity contribution in [1.82, 2.24) is 4.57 Å². The predicted molar refractivity (Wildman–Crippen MR) is 104 cm³/mol. The van der Waals surface area contributed by atoms with Gasteiger partial charge in [-0.2, -0.15) is 5.26 Å². The highest BCUT2D eigenvalue weighted by molar-refractivity contribution is 5.74. The van der Waals surface area contributed by atoms with Crippen LogP contribution in [0, 0.1) is 25.2 Å². The van der Waals surface area contributed by atoms with Gasteiger partial charge in [0.1, 0.15) is 11.8 Å². The van der Waals surface area contributed by atoms with E-state index in [1.165, 1.54) is 22.3 Å². The van der Waals surface area contributed by atoms with Crippen molar-refractivity contribution in [3.63, 3.8) is 0 Å². The number of hydrogen-bond donors (Lipinski definition) is 0. The van der Waals surface area contributed by atoms with Crippen molar-refractivity contribution >= 4 is 6.08 Å². The summed E-state index contributed by atoms with van der Waals surface area (Å²) >= 11 is 0. The van der Waals surface area contributed by atoms with Crippen molar-refractivity contribution < 1.29 is 0 Å². The van der Waals surface area contributed by atoms with Gasteiger partial charge in [0.25, 0.3) is 0 Å². The fraction of sp³-hybridized carbons (Fsp3) is 0.174. The summed E-state index contributed by atoms with van der Waals surface area (Å²) in [6.45, 7) is 4.17. The molecule has 0 fully saturated rings. The Bertz CT molecular complexity index is 933. The molecule has 1 aromatic heterocycles. The summed E-state index contributed by atoms with van der Waals surface area (Å²) in [7, 11) is 1.93. The number of aromatic nitrogens is 1. The van der Waals surface area contributed by atoms with Crippen LogP contribution in [-0.2, 0) is 13.5 Å². The van der Waals surface area contributed by atoms with E-state index in [1.54, 1.807) is 0 Å². The third-order valence-corrected chi connectivity index (χ3v) is 4.43. The molecule has 0 aliphatic rings. The van der Waals surface area contributed by atoms with Crippen LogP contribution < -0.4 is 0 Å². The van der Waals surface area contributed by atoms with Crippen molar-refractivity contribution in [3.8, 4) is 17.2 Å². The predicted octanol–water partition coefficient (Wildman–Crippen LogP) is 5.44. The summed E-state index contributed by atoms with van der Waals surface area (Å²) in [5.41, 5.74) is 7.70. The normalized spacial score (nSPS) is 11.0. The zero-order chi connectivity index (χ0) is 17.8. The molecule has 0 amide bonds. The van der Waals surface area contributed by atoms with Crippen LogP contribution in [0.1, 0.15) is 27.9 Å². The monoisotopic (exact) mass is 326 g/mol. The highest BCUT2D eigenvalue weighted by Gasteiger charge is 2.14. The maximum absolute atomic E-state index is 9.57. The molecule has 124 valence electrons. The maximum atomic E-state index is 9.57. The first-order valence-electron chi connectivity index (χ1n) is 8.47. The number of aryl methyl sites for hydroxylation is 3. The Morgan fingerprint density at radius 2 is 1.56 bits per heavy atom. The highest BCUT2D eigenvalue weighted by atomic mass is 14.9. The average molecular weight is 326 g/mol. The average Bonchev–Trinajstić information content (AvgIpc) is 2.93. The minimum atomic E-state index is 0.711. The SMILES string of the molecule is Cc1ccc(/C=C/Cc2cn(C)c(C#N)c2-c2ccc(C)cc2)cc1. The van der Waals surface area contributed by atoms with Gasteiger partial charge in [-0.1, -0.05) is 71.8 Å². The number of allylic oxidation sites excluding steroid dienone is 1. The van der Waals surface area contributed by atoms with Gasteiger partial charge in [0.15, 0.2) is 0 Å². The fourth-order valence-corrected chi connectivity index (χ4v) is 3.02. The minimum Gasteiger partial charge on any atom is -0.342 e. The lowest BCUT2D eigenvalue weighted by Gasteiger charge is -2.04. The third kappa shape index (κ3) is 3.72. The second-order valence-electron chi connectivity index (χ2n) is 6.48. The lowest BCUT2D eigenvalue weighted by molar-refractivity contribution is 0.904. The summed E-state index contributed by atoms with van der Waals surface area (Å²) in [6, 6.07) is 19.2. The number of nitriles is 1. The molecule has 0 unspecified atom stereocenters. The second kappa shape index (κ2) is 7.23. The van der Waals surface area contributed by atoms with Crippen molar-refractivity contribution in [1.29, 1.82) is 5.26 Å². The largest absolute Gasteiger partial charge is 0.342 e. The van der Waals surface area contributed by atoms with E-state index in [9.17, 15) is 5.26 Å². The standard InChI is InChI=1S/C23H22N2/c1-17-7-11-19(12-8-17)5-4-6-21-16-25(3)22(15-24)23(21)20-13-9-18(2)10-14-20/h4-5,7-14,16H,6H2,1-3H3/b5-4+. The molecule has 3 rings (SSSR count). The lowest BCUT2D eigenvalue weighted by Crippen LogP contribution is -1.91. The summed E-state index contributed by atoms with van der Waals surface area (Å²) in [6.07, 6.45) is 7.16. The molecule has 25 heavy (non-hydrogen) atoms. The van der Waals surface area contributed by atoms with E-state index < -0.39 is 0 Å². The van der Waals surface area contributed by atoms with E-state index in [4.69, 9.17) is 0 Å². The molecular weight excluding hydrogens is 304 g/mol. The number of nitrogens with zero attached hydrogens (tertiary/aromatic N) is 2. The molecule has 0 spiro atoms. The molecule has 2 heteroatoms. The second-order valence-corrected chi connectivity index (χ2v) is 6.48. The van der Waals surface area contributed by atoms with Crippen LogP contribution in [0.2, 0.25) is 0 Å². The van der Waals surface area contributed by atoms with Gasteiger partial charge < -0.3 is 4.57 Å². The molecule has 0 saturated heterocycles. The summed E-state index contributed by atoms with van der Waals surface area (Å²) < 4.78 is 1.92. The van der Waals surface area contributed by atoms with Crippen molar-refractivity contribution in [2.24, 2.45) is 7.05 Å². The van der Waals surface area contributed by atoms with Crippen LogP contribution in [-0.4, -0.2) is 4.57 Å². The van der Waals surface area contributed by atoms with E-state index in [0.717, 1.165) is 17.5 Å². The van der Waals surface area contributed by atoms with E-state index in [-0.39, 0.29) is 0 Å².